The van der Waals surface area contributed by atoms with E-state index in [1.54, 1.807) is 11.8 Å². The van der Waals surface area contributed by atoms with Crippen molar-refractivity contribution in [3.63, 3.8) is 0 Å². The van der Waals surface area contributed by atoms with E-state index in [4.69, 9.17) is 0 Å². The van der Waals surface area contributed by atoms with Crippen LogP contribution >= 0.6 is 11.8 Å². The van der Waals surface area contributed by atoms with Crippen molar-refractivity contribution < 1.29 is 9.59 Å². The molecule has 2 aromatic rings. The van der Waals surface area contributed by atoms with E-state index >= 15 is 0 Å². The Morgan fingerprint density at radius 1 is 1.03 bits per heavy atom. The van der Waals surface area contributed by atoms with E-state index in [2.05, 4.69) is 31.3 Å². The molecule has 4 rings (SSSR count). The number of anilines is 2. The Hall–Kier alpha value is -2.27. The second kappa shape index (κ2) is 8.62. The third-order valence-electron chi connectivity index (χ3n) is 5.90. The van der Waals surface area contributed by atoms with Crippen LogP contribution in [-0.2, 0) is 9.59 Å². The SMILES string of the molecule is CC(C)c1ccc(N2C(=O)CS[C@H]2c2ccc(NC(=O)C3CCCC3)cc2)cc1. The number of carbonyl (C=O) groups is 2. The summed E-state index contributed by atoms with van der Waals surface area (Å²) in [5, 5.41) is 3.01. The van der Waals surface area contributed by atoms with Crippen molar-refractivity contribution in [2.24, 2.45) is 5.92 Å². The lowest BCUT2D eigenvalue weighted by Crippen LogP contribution is -2.27. The zero-order valence-electron chi connectivity index (χ0n) is 17.1. The van der Waals surface area contributed by atoms with Gasteiger partial charge < -0.3 is 5.32 Å². The molecular weight excluding hydrogens is 380 g/mol. The van der Waals surface area contributed by atoms with E-state index in [9.17, 15) is 9.59 Å². The van der Waals surface area contributed by atoms with Crippen LogP contribution < -0.4 is 10.2 Å². The predicted octanol–water partition coefficient (Wildman–Crippen LogP) is 5.72. The fourth-order valence-corrected chi connectivity index (χ4v) is 5.31. The largest absolute Gasteiger partial charge is 0.326 e. The second-order valence-corrected chi connectivity index (χ2v) is 9.33. The van der Waals surface area contributed by atoms with Crippen molar-refractivity contribution in [3.8, 4) is 0 Å². The van der Waals surface area contributed by atoms with E-state index in [0.29, 0.717) is 11.7 Å². The molecule has 4 nitrogen and oxygen atoms in total. The Morgan fingerprint density at radius 2 is 1.69 bits per heavy atom. The van der Waals surface area contributed by atoms with E-state index in [1.807, 2.05) is 41.3 Å². The lowest BCUT2D eigenvalue weighted by molar-refractivity contribution is -0.119. The molecular formula is C24H28N2O2S. The van der Waals surface area contributed by atoms with Crippen LogP contribution in [0.15, 0.2) is 48.5 Å². The third-order valence-corrected chi connectivity index (χ3v) is 7.11. The van der Waals surface area contributed by atoms with Gasteiger partial charge in [-0.3, -0.25) is 14.5 Å². The molecule has 1 atom stereocenters. The van der Waals surface area contributed by atoms with Crippen LogP contribution in [0.3, 0.4) is 0 Å². The number of carbonyl (C=O) groups excluding carboxylic acids is 2. The van der Waals surface area contributed by atoms with Crippen LogP contribution in [0.4, 0.5) is 11.4 Å². The summed E-state index contributed by atoms with van der Waals surface area (Å²) < 4.78 is 0. The van der Waals surface area contributed by atoms with Gasteiger partial charge in [-0.2, -0.15) is 0 Å². The number of thioether (sulfide) groups is 1. The topological polar surface area (TPSA) is 49.4 Å². The molecule has 1 saturated carbocycles. The van der Waals surface area contributed by atoms with Crippen LogP contribution in [0.1, 0.15) is 61.9 Å². The van der Waals surface area contributed by atoms with Gasteiger partial charge in [0.2, 0.25) is 11.8 Å². The first-order valence-corrected chi connectivity index (χ1v) is 11.5. The molecule has 0 radical (unpaired) electrons. The number of nitrogens with zero attached hydrogens (tertiary/aromatic N) is 1. The lowest BCUT2D eigenvalue weighted by atomic mass is 10.0. The minimum absolute atomic E-state index is 0.0352. The first kappa shape index (κ1) is 20.0. The highest BCUT2D eigenvalue weighted by molar-refractivity contribution is 8.00. The Kier molecular flexibility index (Phi) is 5.95. The summed E-state index contributed by atoms with van der Waals surface area (Å²) in [6.07, 6.45) is 4.29. The molecule has 0 bridgehead atoms. The number of benzene rings is 2. The molecule has 0 spiro atoms. The first-order chi connectivity index (χ1) is 14.0. The number of amides is 2. The minimum Gasteiger partial charge on any atom is -0.326 e. The van der Waals surface area contributed by atoms with Crippen molar-refractivity contribution in [1.82, 2.24) is 0 Å². The Balaban J connectivity index is 1.49. The van der Waals surface area contributed by atoms with Gasteiger partial charge in [0.15, 0.2) is 0 Å². The molecule has 2 aromatic carbocycles. The minimum atomic E-state index is -0.0352. The number of rotatable bonds is 5. The van der Waals surface area contributed by atoms with Gasteiger partial charge in [0.05, 0.1) is 5.75 Å². The molecule has 2 fully saturated rings. The maximum atomic E-state index is 12.6. The van der Waals surface area contributed by atoms with Crippen molar-refractivity contribution >= 4 is 35.0 Å². The van der Waals surface area contributed by atoms with E-state index in [1.165, 1.54) is 5.56 Å². The van der Waals surface area contributed by atoms with Gasteiger partial charge in [-0.15, -0.1) is 11.8 Å². The molecule has 29 heavy (non-hydrogen) atoms. The van der Waals surface area contributed by atoms with Crippen molar-refractivity contribution in [1.29, 1.82) is 0 Å². The van der Waals surface area contributed by atoms with Crippen LogP contribution in [0, 0.1) is 5.92 Å². The van der Waals surface area contributed by atoms with Gasteiger partial charge in [-0.25, -0.2) is 0 Å². The van der Waals surface area contributed by atoms with E-state index in [-0.39, 0.29) is 23.1 Å². The zero-order valence-corrected chi connectivity index (χ0v) is 17.9. The molecule has 1 aliphatic heterocycles. The standard InChI is InChI=1S/C24H28N2O2S/c1-16(2)17-9-13-21(14-10-17)26-22(27)15-29-24(26)19-7-11-20(12-8-19)25-23(28)18-5-3-4-6-18/h7-14,16,18,24H,3-6,15H2,1-2H3,(H,25,28)/t24-/m0/s1. The normalized spacial score (nSPS) is 19.9. The van der Waals surface area contributed by atoms with Gasteiger partial charge in [0, 0.05) is 17.3 Å². The van der Waals surface area contributed by atoms with E-state index in [0.717, 1.165) is 42.6 Å². The molecule has 5 heteroatoms. The molecule has 2 amide bonds. The van der Waals surface area contributed by atoms with Gasteiger partial charge in [0.25, 0.3) is 0 Å². The van der Waals surface area contributed by atoms with Crippen LogP contribution in [0.5, 0.6) is 0 Å². The number of nitrogens with one attached hydrogen (secondary N) is 1. The molecule has 0 aromatic heterocycles. The first-order valence-electron chi connectivity index (χ1n) is 10.5. The molecule has 1 heterocycles. The van der Waals surface area contributed by atoms with Crippen LogP contribution in [-0.4, -0.2) is 17.6 Å². The van der Waals surface area contributed by atoms with Gasteiger partial charge in [0.1, 0.15) is 5.37 Å². The van der Waals surface area contributed by atoms with Crippen molar-refractivity contribution in [3.05, 3.63) is 59.7 Å². The number of hydrogen-bond donors (Lipinski definition) is 1. The predicted molar refractivity (Wildman–Crippen MR) is 120 cm³/mol. The molecule has 1 saturated heterocycles. The highest BCUT2D eigenvalue weighted by atomic mass is 32.2. The average molecular weight is 409 g/mol. The molecule has 1 N–H and O–H groups in total. The lowest BCUT2D eigenvalue weighted by Gasteiger charge is -2.25. The highest BCUT2D eigenvalue weighted by Crippen LogP contribution is 2.42. The summed E-state index contributed by atoms with van der Waals surface area (Å²) >= 11 is 1.65. The monoisotopic (exact) mass is 408 g/mol. The molecule has 0 unspecified atom stereocenters. The summed E-state index contributed by atoms with van der Waals surface area (Å²) in [5.74, 6) is 1.37. The van der Waals surface area contributed by atoms with Gasteiger partial charge >= 0.3 is 0 Å². The van der Waals surface area contributed by atoms with Crippen molar-refractivity contribution in [2.45, 2.75) is 50.8 Å². The summed E-state index contributed by atoms with van der Waals surface area (Å²) in [6, 6.07) is 16.2. The van der Waals surface area contributed by atoms with Crippen LogP contribution in [0.2, 0.25) is 0 Å². The highest BCUT2D eigenvalue weighted by Gasteiger charge is 2.34. The quantitative estimate of drug-likeness (QED) is 0.689. The van der Waals surface area contributed by atoms with Gasteiger partial charge in [-0.05, 0) is 54.2 Å². The molecule has 1 aliphatic carbocycles. The maximum absolute atomic E-state index is 12.6. The third kappa shape index (κ3) is 4.35. The fourth-order valence-electron chi connectivity index (χ4n) is 4.13. The maximum Gasteiger partial charge on any atom is 0.238 e. The zero-order chi connectivity index (χ0) is 20.4. The average Bonchev–Trinajstić information content (AvgIpc) is 3.39. The van der Waals surface area contributed by atoms with E-state index < -0.39 is 0 Å². The Morgan fingerprint density at radius 3 is 2.31 bits per heavy atom. The summed E-state index contributed by atoms with van der Waals surface area (Å²) in [7, 11) is 0. The second-order valence-electron chi connectivity index (χ2n) is 8.27. The van der Waals surface area contributed by atoms with Crippen LogP contribution in [0.25, 0.3) is 0 Å². The van der Waals surface area contributed by atoms with Crippen molar-refractivity contribution in [2.75, 3.05) is 16.0 Å². The molecule has 2 aliphatic rings. The smallest absolute Gasteiger partial charge is 0.238 e. The Bertz CT molecular complexity index is 871. The molecule has 152 valence electrons. The summed E-state index contributed by atoms with van der Waals surface area (Å²) in [4.78, 5) is 26.8. The fraction of sp³-hybridized carbons (Fsp3) is 0.417. The van der Waals surface area contributed by atoms with Gasteiger partial charge in [-0.1, -0.05) is 51.0 Å². The number of hydrogen-bond acceptors (Lipinski definition) is 3. The Labute approximate surface area is 177 Å². The summed E-state index contributed by atoms with van der Waals surface area (Å²) in [6.45, 7) is 4.34. The summed E-state index contributed by atoms with van der Waals surface area (Å²) in [5.41, 5.74) is 4.11.